The molecule has 0 spiro atoms. The maximum atomic E-state index is 13.6. The molecule has 0 radical (unpaired) electrons. The van der Waals surface area contributed by atoms with Crippen LogP contribution in [0.15, 0.2) is 91.5 Å². The molecule has 45 heavy (non-hydrogen) atoms. The van der Waals surface area contributed by atoms with E-state index in [1.165, 1.54) is 11.1 Å². The predicted molar refractivity (Wildman–Crippen MR) is 173 cm³/mol. The van der Waals surface area contributed by atoms with Gasteiger partial charge >= 0.3 is 6.03 Å². The summed E-state index contributed by atoms with van der Waals surface area (Å²) >= 11 is 0. The van der Waals surface area contributed by atoms with Crippen molar-refractivity contribution in [1.82, 2.24) is 30.0 Å². The summed E-state index contributed by atoms with van der Waals surface area (Å²) in [5.41, 5.74) is 4.48. The molecule has 5 aromatic rings. The minimum absolute atomic E-state index is 0.323. The highest BCUT2D eigenvalue weighted by Gasteiger charge is 2.20. The zero-order chi connectivity index (χ0) is 31.4. The molecule has 3 aromatic heterocycles. The zero-order valence-electron chi connectivity index (χ0n) is 25.1. The lowest BCUT2D eigenvalue weighted by molar-refractivity contribution is 0.147. The first-order valence-corrected chi connectivity index (χ1v) is 14.6. The number of ether oxygens (including phenoxy) is 1. The molecule has 0 aliphatic carbocycles. The van der Waals surface area contributed by atoms with Gasteiger partial charge < -0.3 is 20.7 Å². The Morgan fingerprint density at radius 1 is 1.00 bits per heavy atom. The third kappa shape index (κ3) is 8.19. The van der Waals surface area contributed by atoms with E-state index >= 15 is 0 Å². The highest BCUT2D eigenvalue weighted by molar-refractivity contribution is 5.98. The molecule has 0 saturated heterocycles. The van der Waals surface area contributed by atoms with Crippen molar-refractivity contribution in [3.05, 3.63) is 103 Å². The number of benzene rings is 2. The van der Waals surface area contributed by atoms with Crippen molar-refractivity contribution in [2.24, 2.45) is 7.05 Å². The molecule has 0 unspecified atom stereocenters. The second-order valence-electron chi connectivity index (χ2n) is 10.0. The van der Waals surface area contributed by atoms with Gasteiger partial charge in [-0.3, -0.25) is 4.68 Å². The Labute approximate surface area is 261 Å². The van der Waals surface area contributed by atoms with Crippen LogP contribution >= 0.6 is 0 Å². The van der Waals surface area contributed by atoms with E-state index in [0.717, 1.165) is 23.1 Å². The quantitative estimate of drug-likeness (QED) is 0.143. The largest absolute Gasteiger partial charge is 0.382 e. The van der Waals surface area contributed by atoms with Crippen LogP contribution in [0.2, 0.25) is 0 Å². The standard InChI is InChI=1S/C33H34N10O2/c1-3-45-17-7-16-35-31-26(18-34)21-37-32(41-31)40-28-11-13-29(14-12-28)43(33(44)38-19-24-8-5-4-6-9-24)30-15-10-25(20-36-30)27-22-39-42(2)23-27/h4-6,8-15,20-23H,3,7,16-17,19H2,1-2H3,(H,38,44)(H2,35,37,40,41). The zero-order valence-corrected chi connectivity index (χ0v) is 25.1. The number of nitriles is 1. The van der Waals surface area contributed by atoms with Crippen molar-refractivity contribution in [3.63, 3.8) is 0 Å². The fourth-order valence-corrected chi connectivity index (χ4v) is 4.47. The number of aryl methyl sites for hydroxylation is 1. The predicted octanol–water partition coefficient (Wildman–Crippen LogP) is 5.77. The number of aromatic nitrogens is 5. The van der Waals surface area contributed by atoms with Crippen molar-refractivity contribution >= 4 is 35.0 Å². The van der Waals surface area contributed by atoms with Gasteiger partial charge in [-0.05, 0) is 55.3 Å². The van der Waals surface area contributed by atoms with E-state index in [4.69, 9.17) is 4.74 Å². The number of pyridine rings is 1. The van der Waals surface area contributed by atoms with Crippen LogP contribution in [0.25, 0.3) is 11.1 Å². The molecule has 3 N–H and O–H groups in total. The number of anilines is 5. The Hall–Kier alpha value is -5.80. The van der Waals surface area contributed by atoms with Gasteiger partial charge in [0.15, 0.2) is 0 Å². The first-order chi connectivity index (χ1) is 22.0. The van der Waals surface area contributed by atoms with E-state index in [9.17, 15) is 10.1 Å². The molecule has 0 aliphatic rings. The highest BCUT2D eigenvalue weighted by atomic mass is 16.5. The third-order valence-corrected chi connectivity index (χ3v) is 6.76. The summed E-state index contributed by atoms with van der Waals surface area (Å²) in [4.78, 5) is 28.5. The molecule has 12 heteroatoms. The molecule has 0 fully saturated rings. The molecular formula is C33H34N10O2. The number of carbonyl (C=O) groups is 1. The molecule has 0 aliphatic heterocycles. The van der Waals surface area contributed by atoms with E-state index < -0.39 is 0 Å². The number of hydrogen-bond acceptors (Lipinski definition) is 9. The van der Waals surface area contributed by atoms with Crippen LogP contribution in [-0.4, -0.2) is 50.5 Å². The molecule has 0 atom stereocenters. The Balaban J connectivity index is 1.34. The normalized spacial score (nSPS) is 10.6. The summed E-state index contributed by atoms with van der Waals surface area (Å²) in [6.07, 6.45) is 7.67. The lowest BCUT2D eigenvalue weighted by Crippen LogP contribution is -2.37. The van der Waals surface area contributed by atoms with E-state index in [1.54, 1.807) is 17.1 Å². The van der Waals surface area contributed by atoms with Gasteiger partial charge in [0.1, 0.15) is 23.3 Å². The molecule has 228 valence electrons. The highest BCUT2D eigenvalue weighted by Crippen LogP contribution is 2.28. The second-order valence-corrected chi connectivity index (χ2v) is 10.0. The van der Waals surface area contributed by atoms with E-state index in [1.807, 2.05) is 86.9 Å². The fraction of sp³-hybridized carbons (Fsp3) is 0.212. The number of amides is 2. The van der Waals surface area contributed by atoms with Gasteiger partial charge in [0.25, 0.3) is 0 Å². The lowest BCUT2D eigenvalue weighted by Gasteiger charge is -2.23. The number of nitrogens with one attached hydrogen (secondary N) is 3. The summed E-state index contributed by atoms with van der Waals surface area (Å²) in [5, 5.41) is 23.1. The Morgan fingerprint density at radius 2 is 1.82 bits per heavy atom. The van der Waals surface area contributed by atoms with Crippen LogP contribution in [0.5, 0.6) is 0 Å². The number of hydrogen-bond donors (Lipinski definition) is 3. The van der Waals surface area contributed by atoms with Crippen LogP contribution in [-0.2, 0) is 18.3 Å². The van der Waals surface area contributed by atoms with Crippen LogP contribution in [0.1, 0.15) is 24.5 Å². The van der Waals surface area contributed by atoms with E-state index in [0.29, 0.717) is 60.8 Å². The van der Waals surface area contributed by atoms with Gasteiger partial charge in [0.2, 0.25) is 5.95 Å². The van der Waals surface area contributed by atoms with Crippen molar-refractivity contribution in [1.29, 1.82) is 5.26 Å². The molecule has 2 amide bonds. The molecule has 3 heterocycles. The van der Waals surface area contributed by atoms with Crippen molar-refractivity contribution in [2.45, 2.75) is 19.9 Å². The SMILES string of the molecule is CCOCCCNc1nc(Nc2ccc(N(C(=O)NCc3ccccc3)c3ccc(-c4cnn(C)c4)cn3)cc2)ncc1C#N. The number of rotatable bonds is 13. The first kappa shape index (κ1) is 30.7. The van der Waals surface area contributed by atoms with Gasteiger partial charge in [-0.2, -0.15) is 15.3 Å². The van der Waals surface area contributed by atoms with Crippen molar-refractivity contribution in [2.75, 3.05) is 35.3 Å². The molecule has 0 bridgehead atoms. The molecule has 0 saturated carbocycles. The van der Waals surface area contributed by atoms with E-state index in [2.05, 4.69) is 42.1 Å². The Kier molecular flexibility index (Phi) is 10.3. The lowest BCUT2D eigenvalue weighted by atomic mass is 10.1. The van der Waals surface area contributed by atoms with Crippen molar-refractivity contribution in [3.8, 4) is 17.2 Å². The topological polar surface area (TPSA) is 146 Å². The maximum absolute atomic E-state index is 13.6. The molecule has 12 nitrogen and oxygen atoms in total. The summed E-state index contributed by atoms with van der Waals surface area (Å²) in [5.74, 6) is 1.24. The first-order valence-electron chi connectivity index (χ1n) is 14.6. The maximum Gasteiger partial charge on any atom is 0.327 e. The Bertz CT molecular complexity index is 1730. The molecular weight excluding hydrogens is 568 g/mol. The van der Waals surface area contributed by atoms with Gasteiger partial charge in [-0.1, -0.05) is 30.3 Å². The fourth-order valence-electron chi connectivity index (χ4n) is 4.47. The minimum atomic E-state index is -0.323. The summed E-state index contributed by atoms with van der Waals surface area (Å²) in [6, 6.07) is 22.5. The number of carbonyl (C=O) groups excluding carboxylic acids is 1. The number of urea groups is 1. The van der Waals surface area contributed by atoms with Gasteiger partial charge in [-0.25, -0.2) is 19.7 Å². The van der Waals surface area contributed by atoms with Crippen molar-refractivity contribution < 1.29 is 9.53 Å². The minimum Gasteiger partial charge on any atom is -0.382 e. The van der Waals surface area contributed by atoms with Gasteiger partial charge in [-0.15, -0.1) is 0 Å². The monoisotopic (exact) mass is 602 g/mol. The van der Waals surface area contributed by atoms with Crippen LogP contribution < -0.4 is 20.9 Å². The molecule has 5 rings (SSSR count). The second kappa shape index (κ2) is 15.1. The summed E-state index contributed by atoms with van der Waals surface area (Å²) < 4.78 is 7.10. The van der Waals surface area contributed by atoms with Gasteiger partial charge in [0, 0.05) is 62.6 Å². The average Bonchev–Trinajstić information content (AvgIpc) is 3.51. The summed E-state index contributed by atoms with van der Waals surface area (Å²) in [7, 11) is 1.86. The average molecular weight is 603 g/mol. The Morgan fingerprint density at radius 3 is 2.51 bits per heavy atom. The third-order valence-electron chi connectivity index (χ3n) is 6.76. The van der Waals surface area contributed by atoms with Crippen LogP contribution in [0.4, 0.5) is 33.8 Å². The molecule has 2 aromatic carbocycles. The number of nitrogens with zero attached hydrogens (tertiary/aromatic N) is 7. The summed E-state index contributed by atoms with van der Waals surface area (Å²) in [6.45, 7) is 4.21. The van der Waals surface area contributed by atoms with Crippen LogP contribution in [0.3, 0.4) is 0 Å². The van der Waals surface area contributed by atoms with Crippen LogP contribution in [0, 0.1) is 11.3 Å². The van der Waals surface area contributed by atoms with E-state index in [-0.39, 0.29) is 6.03 Å². The van der Waals surface area contributed by atoms with Gasteiger partial charge in [0.05, 0.1) is 18.1 Å². The smallest absolute Gasteiger partial charge is 0.327 e.